The summed E-state index contributed by atoms with van der Waals surface area (Å²) in [5.74, 6) is 1.61. The van der Waals surface area contributed by atoms with Gasteiger partial charge in [-0.25, -0.2) is 0 Å². The molecule has 4 aromatic rings. The number of benzene rings is 4. The van der Waals surface area contributed by atoms with Crippen molar-refractivity contribution in [3.8, 4) is 11.5 Å². The number of carbonyl (C=O) groups excluding carboxylic acids is 1. The van der Waals surface area contributed by atoms with Crippen LogP contribution in [0, 0.1) is 0 Å². The van der Waals surface area contributed by atoms with E-state index in [-0.39, 0.29) is 5.78 Å². The summed E-state index contributed by atoms with van der Waals surface area (Å²) in [4.78, 5) is 12.3. The van der Waals surface area contributed by atoms with Crippen LogP contribution in [0.5, 0.6) is 11.5 Å². The molecule has 0 aliphatic rings. The van der Waals surface area contributed by atoms with Gasteiger partial charge < -0.3 is 9.47 Å². The molecule has 3 nitrogen and oxygen atoms in total. The van der Waals surface area contributed by atoms with Gasteiger partial charge in [0.15, 0.2) is 5.78 Å². The molecule has 0 unspecified atom stereocenters. The summed E-state index contributed by atoms with van der Waals surface area (Å²) in [6.07, 6.45) is 6.85. The smallest absolute Gasteiger partial charge is 0.178 e. The molecule has 4 aromatic carbocycles. The van der Waals surface area contributed by atoms with Gasteiger partial charge in [0.2, 0.25) is 0 Å². The molecule has 148 valence electrons. The van der Waals surface area contributed by atoms with Crippen molar-refractivity contribution >= 4 is 39.5 Å². The lowest BCUT2D eigenvalue weighted by Gasteiger charge is -2.03. The Morgan fingerprint density at radius 2 is 1.00 bits per heavy atom. The third-order valence-electron chi connectivity index (χ3n) is 5.02. The minimum atomic E-state index is -0.0559. The molecule has 4 rings (SSSR count). The third kappa shape index (κ3) is 4.41. The van der Waals surface area contributed by atoms with E-state index >= 15 is 0 Å². The number of carbonyl (C=O) groups is 1. The molecule has 0 aliphatic carbocycles. The quantitative estimate of drug-likeness (QED) is 0.360. The lowest BCUT2D eigenvalue weighted by atomic mass is 10.1. The molecule has 0 N–H and O–H groups in total. The Labute approximate surface area is 175 Å². The first-order valence-electron chi connectivity index (χ1n) is 9.70. The Hall–Kier alpha value is -3.85. The number of hydrogen-bond acceptors (Lipinski definition) is 3. The summed E-state index contributed by atoms with van der Waals surface area (Å²) >= 11 is 0. The number of allylic oxidation sites excluding steroid dienone is 2. The van der Waals surface area contributed by atoms with Gasteiger partial charge in [-0.2, -0.15) is 0 Å². The van der Waals surface area contributed by atoms with Gasteiger partial charge in [0, 0.05) is 0 Å². The first-order valence-corrected chi connectivity index (χ1v) is 9.70. The zero-order valence-electron chi connectivity index (χ0n) is 17.0. The molecule has 0 atom stereocenters. The maximum atomic E-state index is 12.3. The van der Waals surface area contributed by atoms with Crippen LogP contribution in [0.15, 0.2) is 84.9 Å². The Bertz CT molecular complexity index is 1180. The van der Waals surface area contributed by atoms with Crippen LogP contribution in [0.2, 0.25) is 0 Å². The predicted octanol–water partition coefficient (Wildman–Crippen LogP) is 6.31. The van der Waals surface area contributed by atoms with E-state index in [9.17, 15) is 4.79 Å². The van der Waals surface area contributed by atoms with Gasteiger partial charge in [0.25, 0.3) is 0 Å². The van der Waals surface area contributed by atoms with E-state index in [1.54, 1.807) is 26.4 Å². The molecule has 0 bridgehead atoms. The lowest BCUT2D eigenvalue weighted by molar-refractivity contribution is -0.110. The summed E-state index contributed by atoms with van der Waals surface area (Å²) < 4.78 is 10.5. The minimum absolute atomic E-state index is 0.0559. The Balaban J connectivity index is 1.47. The highest BCUT2D eigenvalue weighted by Crippen LogP contribution is 2.23. The topological polar surface area (TPSA) is 35.5 Å². The van der Waals surface area contributed by atoms with Crippen molar-refractivity contribution in [2.45, 2.75) is 0 Å². The third-order valence-corrected chi connectivity index (χ3v) is 5.02. The van der Waals surface area contributed by atoms with E-state index in [2.05, 4.69) is 12.1 Å². The highest BCUT2D eigenvalue weighted by atomic mass is 16.5. The lowest BCUT2D eigenvalue weighted by Crippen LogP contribution is -1.86. The summed E-state index contributed by atoms with van der Waals surface area (Å²) in [6, 6.07) is 24.0. The van der Waals surface area contributed by atoms with Crippen molar-refractivity contribution < 1.29 is 14.3 Å². The van der Waals surface area contributed by atoms with Crippen LogP contribution >= 0.6 is 0 Å². The monoisotopic (exact) mass is 394 g/mol. The molecule has 0 fully saturated rings. The fourth-order valence-corrected chi connectivity index (χ4v) is 3.36. The minimum Gasteiger partial charge on any atom is -0.497 e. The van der Waals surface area contributed by atoms with Crippen LogP contribution in [0.4, 0.5) is 0 Å². The molecule has 0 heterocycles. The summed E-state index contributed by atoms with van der Waals surface area (Å²) in [6.45, 7) is 0. The van der Waals surface area contributed by atoms with Gasteiger partial charge in [0.1, 0.15) is 11.5 Å². The standard InChI is InChI=1S/C27H22O3/c1-29-26-13-9-21-15-19(3-7-23(21)17-26)5-11-25(28)12-6-20-4-8-24-18-27(30-2)14-10-22(24)16-20/h3-18H,1-2H3/b11-5-,12-6+. The van der Waals surface area contributed by atoms with Crippen molar-refractivity contribution in [2.24, 2.45) is 0 Å². The van der Waals surface area contributed by atoms with E-state index in [0.29, 0.717) is 0 Å². The highest BCUT2D eigenvalue weighted by Gasteiger charge is 1.99. The highest BCUT2D eigenvalue weighted by molar-refractivity contribution is 6.05. The van der Waals surface area contributed by atoms with E-state index in [0.717, 1.165) is 44.2 Å². The van der Waals surface area contributed by atoms with E-state index in [1.807, 2.05) is 72.8 Å². The molecule has 0 spiro atoms. The van der Waals surface area contributed by atoms with Crippen LogP contribution in [0.1, 0.15) is 11.1 Å². The maximum absolute atomic E-state index is 12.3. The molecule has 0 aromatic heterocycles. The molecule has 30 heavy (non-hydrogen) atoms. The van der Waals surface area contributed by atoms with Crippen LogP contribution in [0.25, 0.3) is 33.7 Å². The zero-order chi connectivity index (χ0) is 20.9. The van der Waals surface area contributed by atoms with Gasteiger partial charge in [-0.3, -0.25) is 4.79 Å². The fourth-order valence-electron chi connectivity index (χ4n) is 3.36. The summed E-state index contributed by atoms with van der Waals surface area (Å²) in [5, 5.41) is 4.42. The SMILES string of the molecule is COc1ccc2cc(/C=C\C(=O)/C=C/c3ccc4cc(OC)ccc4c3)ccc2c1. The molecule has 0 saturated heterocycles. The second-order valence-electron chi connectivity index (χ2n) is 7.01. The molecule has 0 amide bonds. The van der Waals surface area contributed by atoms with Crippen LogP contribution in [-0.2, 0) is 4.79 Å². The average molecular weight is 394 g/mol. The molecule has 3 heteroatoms. The van der Waals surface area contributed by atoms with Gasteiger partial charge >= 0.3 is 0 Å². The van der Waals surface area contributed by atoms with E-state index in [4.69, 9.17) is 9.47 Å². The van der Waals surface area contributed by atoms with Gasteiger partial charge in [0.05, 0.1) is 14.2 Å². The molecule has 0 radical (unpaired) electrons. The van der Waals surface area contributed by atoms with Crippen molar-refractivity contribution in [1.82, 2.24) is 0 Å². The van der Waals surface area contributed by atoms with Gasteiger partial charge in [-0.1, -0.05) is 48.6 Å². The second-order valence-corrected chi connectivity index (χ2v) is 7.01. The number of hydrogen-bond donors (Lipinski definition) is 0. The predicted molar refractivity (Wildman–Crippen MR) is 124 cm³/mol. The maximum Gasteiger partial charge on any atom is 0.178 e. The number of ether oxygens (including phenoxy) is 2. The molecule has 0 saturated carbocycles. The van der Waals surface area contributed by atoms with Crippen molar-refractivity contribution in [1.29, 1.82) is 0 Å². The first kappa shape index (κ1) is 19.5. The Morgan fingerprint density at radius 3 is 1.43 bits per heavy atom. The van der Waals surface area contributed by atoms with Crippen molar-refractivity contribution in [3.63, 3.8) is 0 Å². The molecule has 0 aliphatic heterocycles. The normalized spacial score (nSPS) is 11.5. The number of fused-ring (bicyclic) bond motifs is 2. The van der Waals surface area contributed by atoms with Crippen molar-refractivity contribution in [2.75, 3.05) is 14.2 Å². The molecular weight excluding hydrogens is 372 g/mol. The van der Waals surface area contributed by atoms with E-state index < -0.39 is 0 Å². The van der Waals surface area contributed by atoms with Crippen LogP contribution in [-0.4, -0.2) is 20.0 Å². The number of ketones is 1. The van der Waals surface area contributed by atoms with Gasteiger partial charge in [-0.05, 0) is 81.2 Å². The Morgan fingerprint density at radius 1 is 0.600 bits per heavy atom. The second kappa shape index (κ2) is 8.66. The fraction of sp³-hybridized carbons (Fsp3) is 0.0741. The largest absolute Gasteiger partial charge is 0.497 e. The van der Waals surface area contributed by atoms with E-state index in [1.165, 1.54) is 0 Å². The number of methoxy groups -OCH3 is 2. The Kier molecular flexibility index (Phi) is 5.62. The summed E-state index contributed by atoms with van der Waals surface area (Å²) in [5.41, 5.74) is 1.96. The molecular formula is C27H22O3. The first-order chi connectivity index (χ1) is 14.6. The van der Waals surface area contributed by atoms with Gasteiger partial charge in [-0.15, -0.1) is 0 Å². The number of rotatable bonds is 6. The van der Waals surface area contributed by atoms with Crippen LogP contribution in [0.3, 0.4) is 0 Å². The average Bonchev–Trinajstić information content (AvgIpc) is 2.80. The summed E-state index contributed by atoms with van der Waals surface area (Å²) in [7, 11) is 3.32. The van der Waals surface area contributed by atoms with Crippen molar-refractivity contribution in [3.05, 3.63) is 96.1 Å². The zero-order valence-corrected chi connectivity index (χ0v) is 17.0. The van der Waals surface area contributed by atoms with Crippen LogP contribution < -0.4 is 9.47 Å².